The molecule has 0 spiro atoms. The molecule has 0 amide bonds. The number of unbranched alkanes of at least 4 members (excludes halogenated alkanes) is 19. The van der Waals surface area contributed by atoms with Crippen molar-refractivity contribution in [3.63, 3.8) is 0 Å². The van der Waals surface area contributed by atoms with E-state index >= 15 is 0 Å². The maximum atomic E-state index is 13.2. The predicted octanol–water partition coefficient (Wildman–Crippen LogP) is 12.8. The molecular formula is C42H77BrO6. The van der Waals surface area contributed by atoms with E-state index in [1.807, 2.05) is 0 Å². The number of alkyl halides is 1. The largest absolute Gasteiger partial charge is 0.465 e. The van der Waals surface area contributed by atoms with Gasteiger partial charge < -0.3 is 14.2 Å². The van der Waals surface area contributed by atoms with Crippen molar-refractivity contribution in [3.05, 3.63) is 12.2 Å². The lowest BCUT2D eigenvalue weighted by Crippen LogP contribution is -2.28. The molecule has 0 aliphatic carbocycles. The second-order valence-electron chi connectivity index (χ2n) is 14.1. The maximum absolute atomic E-state index is 13.2. The van der Waals surface area contributed by atoms with Gasteiger partial charge in [-0.3, -0.25) is 14.4 Å². The lowest BCUT2D eigenvalue weighted by atomic mass is 9.94. The molecule has 0 saturated carbocycles. The highest BCUT2D eigenvalue weighted by atomic mass is 79.9. The number of ether oxygens (including phenoxy) is 3. The highest BCUT2D eigenvalue weighted by Gasteiger charge is 2.23. The predicted molar refractivity (Wildman–Crippen MR) is 209 cm³/mol. The minimum atomic E-state index is -0.371. The number of esters is 3. The molecule has 0 radical (unpaired) electrons. The first-order valence-electron chi connectivity index (χ1n) is 20.7. The Morgan fingerprint density at radius 3 is 1.37 bits per heavy atom. The van der Waals surface area contributed by atoms with Crippen LogP contribution in [0.4, 0.5) is 0 Å². The second-order valence-corrected chi connectivity index (χ2v) is 14.9. The zero-order valence-corrected chi connectivity index (χ0v) is 33.9. The summed E-state index contributed by atoms with van der Waals surface area (Å²) in [6.45, 7) is 6.93. The van der Waals surface area contributed by atoms with Crippen LogP contribution in [-0.4, -0.2) is 43.1 Å². The zero-order valence-electron chi connectivity index (χ0n) is 32.3. The average Bonchev–Trinajstić information content (AvgIpc) is 3.10. The molecule has 0 aliphatic heterocycles. The highest BCUT2D eigenvalue weighted by Crippen LogP contribution is 2.21. The monoisotopic (exact) mass is 756 g/mol. The van der Waals surface area contributed by atoms with E-state index in [0.29, 0.717) is 19.3 Å². The lowest BCUT2D eigenvalue weighted by Gasteiger charge is -2.20. The fraction of sp³-hybridized carbons (Fsp3) is 0.881. The summed E-state index contributed by atoms with van der Waals surface area (Å²) < 4.78 is 16.9. The van der Waals surface area contributed by atoms with E-state index < -0.39 is 0 Å². The van der Waals surface area contributed by atoms with Crippen molar-refractivity contribution >= 4 is 33.8 Å². The molecule has 288 valence electrons. The van der Waals surface area contributed by atoms with E-state index in [1.54, 1.807) is 0 Å². The van der Waals surface area contributed by atoms with Gasteiger partial charge in [-0.15, -0.1) is 0 Å². The van der Waals surface area contributed by atoms with Gasteiger partial charge in [-0.05, 0) is 51.4 Å². The number of rotatable bonds is 37. The van der Waals surface area contributed by atoms with Gasteiger partial charge in [0.1, 0.15) is 19.8 Å². The second kappa shape index (κ2) is 37.9. The minimum absolute atomic E-state index is 0.0771. The van der Waals surface area contributed by atoms with Crippen molar-refractivity contribution < 1.29 is 28.6 Å². The van der Waals surface area contributed by atoms with Crippen molar-refractivity contribution in [2.45, 2.75) is 201 Å². The molecule has 0 aromatic heterocycles. The van der Waals surface area contributed by atoms with Crippen molar-refractivity contribution in [2.24, 2.45) is 11.8 Å². The van der Waals surface area contributed by atoms with Gasteiger partial charge in [0.2, 0.25) is 0 Å². The summed E-state index contributed by atoms with van der Waals surface area (Å²) in [7, 11) is 0. The van der Waals surface area contributed by atoms with Crippen LogP contribution in [0.1, 0.15) is 201 Å². The molecule has 0 heterocycles. The van der Waals surface area contributed by atoms with Crippen LogP contribution >= 0.6 is 15.9 Å². The molecule has 2 atom stereocenters. The van der Waals surface area contributed by atoms with E-state index in [0.717, 1.165) is 69.5 Å². The van der Waals surface area contributed by atoms with Crippen LogP contribution < -0.4 is 0 Å². The van der Waals surface area contributed by atoms with E-state index in [1.165, 1.54) is 96.3 Å². The third-order valence-corrected chi connectivity index (χ3v) is 9.78. The number of hydrogen-bond acceptors (Lipinski definition) is 6. The topological polar surface area (TPSA) is 78.9 Å². The number of allylic oxidation sites excluding steroid dienone is 2. The third-order valence-electron chi connectivity index (χ3n) is 9.22. The Morgan fingerprint density at radius 1 is 0.490 bits per heavy atom. The summed E-state index contributed by atoms with van der Waals surface area (Å²) in [5.41, 5.74) is 0. The lowest BCUT2D eigenvalue weighted by molar-refractivity contribution is -0.156. The van der Waals surface area contributed by atoms with Gasteiger partial charge in [0.05, 0.1) is 11.8 Å². The summed E-state index contributed by atoms with van der Waals surface area (Å²) in [6, 6.07) is 0. The molecule has 0 aliphatic rings. The maximum Gasteiger partial charge on any atom is 0.308 e. The SMILES string of the molecule is CCCCCCCC/C=C\CCCCCCCC(=O)OCC(COC(=O)CCCBr)COC(=O)C(CCCCCC)CCCCCCCC. The normalized spacial score (nSPS) is 12.7. The van der Waals surface area contributed by atoms with Crippen LogP contribution in [-0.2, 0) is 28.6 Å². The molecule has 0 bridgehead atoms. The molecule has 0 fully saturated rings. The Balaban J connectivity index is 4.56. The van der Waals surface area contributed by atoms with Crippen LogP contribution in [0.5, 0.6) is 0 Å². The fourth-order valence-electron chi connectivity index (χ4n) is 5.95. The van der Waals surface area contributed by atoms with Gasteiger partial charge in [-0.25, -0.2) is 0 Å². The Hall–Kier alpha value is -1.37. The van der Waals surface area contributed by atoms with Crippen molar-refractivity contribution in [2.75, 3.05) is 25.2 Å². The first-order valence-corrected chi connectivity index (χ1v) is 21.8. The van der Waals surface area contributed by atoms with E-state index in [4.69, 9.17) is 14.2 Å². The Labute approximate surface area is 311 Å². The Kier molecular flexibility index (Phi) is 36.8. The van der Waals surface area contributed by atoms with Crippen molar-refractivity contribution in [1.29, 1.82) is 0 Å². The molecule has 0 N–H and O–H groups in total. The van der Waals surface area contributed by atoms with Crippen LogP contribution in [0, 0.1) is 11.8 Å². The van der Waals surface area contributed by atoms with Crippen LogP contribution in [0.3, 0.4) is 0 Å². The zero-order chi connectivity index (χ0) is 36.0. The number of halogens is 1. The molecule has 0 saturated heterocycles. The molecule has 7 heteroatoms. The molecule has 0 aromatic rings. The summed E-state index contributed by atoms with van der Waals surface area (Å²) in [5, 5.41) is 0.732. The first-order chi connectivity index (χ1) is 24.0. The van der Waals surface area contributed by atoms with Gasteiger partial charge in [0, 0.05) is 18.2 Å². The number of carbonyl (C=O) groups excluding carboxylic acids is 3. The molecule has 6 nitrogen and oxygen atoms in total. The summed E-state index contributed by atoms with van der Waals surface area (Å²) in [5.74, 6) is -1.16. The van der Waals surface area contributed by atoms with Crippen molar-refractivity contribution in [1.82, 2.24) is 0 Å². The molecule has 2 unspecified atom stereocenters. The van der Waals surface area contributed by atoms with Gasteiger partial charge in [0.15, 0.2) is 0 Å². The van der Waals surface area contributed by atoms with Gasteiger partial charge >= 0.3 is 17.9 Å². The van der Waals surface area contributed by atoms with E-state index in [-0.39, 0.29) is 49.6 Å². The summed E-state index contributed by atoms with van der Waals surface area (Å²) in [6.07, 6.45) is 35.2. The quantitative estimate of drug-likeness (QED) is 0.0206. The molecule has 0 aromatic carbocycles. The van der Waals surface area contributed by atoms with E-state index in [9.17, 15) is 14.4 Å². The van der Waals surface area contributed by atoms with Crippen LogP contribution in [0.2, 0.25) is 0 Å². The van der Waals surface area contributed by atoms with Gasteiger partial charge in [-0.2, -0.15) is 0 Å². The van der Waals surface area contributed by atoms with Gasteiger partial charge in [0.25, 0.3) is 0 Å². The molecular weight excluding hydrogens is 680 g/mol. The van der Waals surface area contributed by atoms with Gasteiger partial charge in [-0.1, -0.05) is 164 Å². The van der Waals surface area contributed by atoms with Crippen LogP contribution in [0.15, 0.2) is 12.2 Å². The smallest absolute Gasteiger partial charge is 0.308 e. The standard InChI is InChI=1S/C42H77BrO6/c1-4-7-10-13-15-16-17-18-19-20-21-22-23-25-28-32-40(44)47-35-38(36-48-41(45)33-29-34-43)37-49-42(46)39(30-26-12-9-6-3)31-27-24-14-11-8-5-2/h18-19,38-39H,4-17,20-37H2,1-3H3/b19-18-. The number of carbonyl (C=O) groups is 3. The third kappa shape index (κ3) is 33.5. The Morgan fingerprint density at radius 2 is 0.878 bits per heavy atom. The fourth-order valence-corrected chi connectivity index (χ4v) is 6.23. The summed E-state index contributed by atoms with van der Waals surface area (Å²) in [4.78, 5) is 37.9. The minimum Gasteiger partial charge on any atom is -0.465 e. The average molecular weight is 758 g/mol. The molecule has 0 rings (SSSR count). The highest BCUT2D eigenvalue weighted by molar-refractivity contribution is 9.09. The van der Waals surface area contributed by atoms with Crippen molar-refractivity contribution in [3.8, 4) is 0 Å². The van der Waals surface area contributed by atoms with Crippen LogP contribution in [0.25, 0.3) is 0 Å². The molecule has 49 heavy (non-hydrogen) atoms. The first kappa shape index (κ1) is 47.6. The van der Waals surface area contributed by atoms with E-state index in [2.05, 4.69) is 48.9 Å². The summed E-state index contributed by atoms with van der Waals surface area (Å²) >= 11 is 3.35. The number of hydrogen-bond donors (Lipinski definition) is 0. The Bertz CT molecular complexity index is 785.